The molecule has 0 spiro atoms. The van der Waals surface area contributed by atoms with Crippen LogP contribution >= 0.6 is 0 Å². The third-order valence-corrected chi connectivity index (χ3v) is 7.56. The highest BCUT2D eigenvalue weighted by atomic mass is 32.2. The molecule has 0 radical (unpaired) electrons. The fourth-order valence-corrected chi connectivity index (χ4v) is 4.72. The molecule has 15 heteroatoms. The molecule has 208 valence electrons. The number of hydrogen-bond donors (Lipinski definition) is 0. The number of hydrogen-bond acceptors (Lipinski definition) is 11. The Bertz CT molecular complexity index is 1730. The Morgan fingerprint density at radius 1 is 0.974 bits per heavy atom. The van der Waals surface area contributed by atoms with Crippen LogP contribution in [0.25, 0.3) is 22.4 Å². The van der Waals surface area contributed by atoms with Crippen LogP contribution < -0.4 is 14.4 Å². The lowest BCUT2D eigenvalue weighted by Gasteiger charge is -2.25. The van der Waals surface area contributed by atoms with Crippen molar-refractivity contribution < 1.29 is 30.7 Å². The summed E-state index contributed by atoms with van der Waals surface area (Å²) in [5, 5.41) is 4.18. The van der Waals surface area contributed by atoms with Gasteiger partial charge in [-0.15, -0.1) is 0 Å². The maximum atomic E-state index is 15.4. The normalized spacial score (nSPS) is 12.0. The van der Waals surface area contributed by atoms with E-state index in [-0.39, 0.29) is 47.5 Å². The second kappa shape index (κ2) is 11.1. The monoisotopic (exact) mass is 578 g/mol. The number of aryl methyl sites for hydroxylation is 1. The zero-order chi connectivity index (χ0) is 28.4. The summed E-state index contributed by atoms with van der Waals surface area (Å²) >= 11 is 0. The number of fused-ring (bicyclic) bond motifs is 1. The molecule has 0 saturated carbocycles. The average Bonchev–Trinajstić information content (AvgIpc) is 3.36. The summed E-state index contributed by atoms with van der Waals surface area (Å²) in [7, 11) is -3.82. The van der Waals surface area contributed by atoms with Crippen LogP contribution in [-0.4, -0.2) is 86.3 Å². The molecule has 39 heavy (non-hydrogen) atoms. The number of ether oxygens (including phenoxy) is 2. The van der Waals surface area contributed by atoms with Gasteiger partial charge in [0.2, 0.25) is 0 Å². The van der Waals surface area contributed by atoms with Gasteiger partial charge in [-0.2, -0.15) is 5.10 Å². The van der Waals surface area contributed by atoms with Crippen molar-refractivity contribution in [3.63, 3.8) is 0 Å². The number of anilines is 2. The fourth-order valence-electron chi connectivity index (χ4n) is 3.69. The average molecular weight is 579 g/mol. The van der Waals surface area contributed by atoms with E-state index in [0.29, 0.717) is 22.5 Å². The quantitative estimate of drug-likeness (QED) is 0.258. The first kappa shape index (κ1) is 28.2. The van der Waals surface area contributed by atoms with Gasteiger partial charge in [-0.3, -0.25) is 9.67 Å². The number of pyridine rings is 1. The van der Waals surface area contributed by atoms with E-state index in [1.807, 2.05) is 0 Å². The van der Waals surface area contributed by atoms with Crippen LogP contribution in [0.1, 0.15) is 0 Å². The van der Waals surface area contributed by atoms with Crippen LogP contribution in [0.4, 0.5) is 15.9 Å². The minimum atomic E-state index is -3.41. The Balaban J connectivity index is 1.76. The Kier molecular flexibility index (Phi) is 8.02. The van der Waals surface area contributed by atoms with Gasteiger partial charge in [-0.05, 0) is 12.1 Å². The summed E-state index contributed by atoms with van der Waals surface area (Å²) in [6.45, 7) is 0.0813. The van der Waals surface area contributed by atoms with Gasteiger partial charge in [-0.1, -0.05) is 0 Å². The summed E-state index contributed by atoms with van der Waals surface area (Å²) in [5.74, 6) is -0.583. The summed E-state index contributed by atoms with van der Waals surface area (Å²) in [6.07, 6.45) is 6.98. The van der Waals surface area contributed by atoms with Crippen LogP contribution in [0.3, 0.4) is 0 Å². The molecular formula is C24H27FN6O6S2. The minimum Gasteiger partial charge on any atom is -0.497 e. The molecule has 3 heterocycles. The predicted molar refractivity (Wildman–Crippen MR) is 144 cm³/mol. The largest absolute Gasteiger partial charge is 0.497 e. The van der Waals surface area contributed by atoms with Gasteiger partial charge in [0.25, 0.3) is 0 Å². The van der Waals surface area contributed by atoms with Crippen molar-refractivity contribution in [2.24, 2.45) is 0 Å². The molecule has 12 nitrogen and oxygen atoms in total. The lowest BCUT2D eigenvalue weighted by molar-refractivity contribution is 0.374. The number of halogens is 1. The highest BCUT2D eigenvalue weighted by molar-refractivity contribution is 7.90. The molecule has 0 bridgehead atoms. The van der Waals surface area contributed by atoms with Gasteiger partial charge in [0.1, 0.15) is 36.8 Å². The molecule has 0 atom stereocenters. The molecule has 4 aromatic rings. The summed E-state index contributed by atoms with van der Waals surface area (Å²) in [5.41, 5.74) is 1.74. The maximum Gasteiger partial charge on any atom is 0.188 e. The number of aromatic nitrogens is 5. The van der Waals surface area contributed by atoms with E-state index in [4.69, 9.17) is 9.47 Å². The molecule has 0 aliphatic carbocycles. The molecule has 0 N–H and O–H groups in total. The van der Waals surface area contributed by atoms with Crippen LogP contribution in [0.2, 0.25) is 0 Å². The van der Waals surface area contributed by atoms with Crippen molar-refractivity contribution in [2.45, 2.75) is 6.54 Å². The first-order chi connectivity index (χ1) is 18.4. The van der Waals surface area contributed by atoms with E-state index < -0.39 is 25.5 Å². The Hall–Kier alpha value is -3.85. The van der Waals surface area contributed by atoms with Gasteiger partial charge < -0.3 is 14.4 Å². The second-order valence-corrected chi connectivity index (χ2v) is 13.4. The number of methoxy groups -OCH3 is 2. The SMILES string of the molecule is COc1cc(OC)c(F)c(N(CCS(C)(=O)=O)c2ccc3ncc(-c4cnn(CCS(C)(=O)=O)c4)nc3n2)c1. The minimum absolute atomic E-state index is 0.0120. The molecule has 0 fully saturated rings. The van der Waals surface area contributed by atoms with Crippen LogP contribution in [0.15, 0.2) is 42.9 Å². The number of rotatable bonds is 11. The van der Waals surface area contributed by atoms with Crippen LogP contribution in [0, 0.1) is 5.82 Å². The Morgan fingerprint density at radius 3 is 2.38 bits per heavy atom. The number of sulfone groups is 2. The zero-order valence-corrected chi connectivity index (χ0v) is 23.3. The Labute approximate surface area is 225 Å². The smallest absolute Gasteiger partial charge is 0.188 e. The molecule has 0 aliphatic heterocycles. The third kappa shape index (κ3) is 6.97. The fraction of sp³-hybridized carbons (Fsp3) is 0.333. The van der Waals surface area contributed by atoms with Crippen molar-refractivity contribution in [2.75, 3.05) is 49.7 Å². The van der Waals surface area contributed by atoms with Crippen molar-refractivity contribution in [1.29, 1.82) is 0 Å². The van der Waals surface area contributed by atoms with Crippen LogP contribution in [-0.2, 0) is 26.2 Å². The summed E-state index contributed by atoms with van der Waals surface area (Å²) in [6, 6.07) is 6.05. The molecule has 0 amide bonds. The van der Waals surface area contributed by atoms with E-state index in [9.17, 15) is 16.8 Å². The molecule has 0 unspecified atom stereocenters. The van der Waals surface area contributed by atoms with E-state index in [1.165, 1.54) is 48.3 Å². The highest BCUT2D eigenvalue weighted by Crippen LogP contribution is 2.36. The first-order valence-corrected chi connectivity index (χ1v) is 15.7. The number of benzene rings is 1. The summed E-state index contributed by atoms with van der Waals surface area (Å²) < 4.78 is 74.3. The molecule has 1 aromatic carbocycles. The molecule has 0 aliphatic rings. The van der Waals surface area contributed by atoms with E-state index in [2.05, 4.69) is 20.1 Å². The molecular weight excluding hydrogens is 551 g/mol. The zero-order valence-electron chi connectivity index (χ0n) is 21.7. The first-order valence-electron chi connectivity index (χ1n) is 11.6. The Morgan fingerprint density at radius 2 is 1.72 bits per heavy atom. The second-order valence-electron chi connectivity index (χ2n) is 8.83. The summed E-state index contributed by atoms with van der Waals surface area (Å²) in [4.78, 5) is 15.0. The van der Waals surface area contributed by atoms with Gasteiger partial charge in [0.15, 0.2) is 17.2 Å². The van der Waals surface area contributed by atoms with Crippen molar-refractivity contribution in [1.82, 2.24) is 24.7 Å². The third-order valence-electron chi connectivity index (χ3n) is 5.71. The number of nitrogens with zero attached hydrogens (tertiary/aromatic N) is 6. The maximum absolute atomic E-state index is 15.4. The predicted octanol–water partition coefficient (Wildman–Crippen LogP) is 2.27. The lowest BCUT2D eigenvalue weighted by Crippen LogP contribution is -2.26. The van der Waals surface area contributed by atoms with Crippen molar-refractivity contribution in [3.8, 4) is 22.8 Å². The van der Waals surface area contributed by atoms with E-state index in [0.717, 1.165) is 12.5 Å². The molecule has 0 saturated heterocycles. The van der Waals surface area contributed by atoms with Gasteiger partial charge in [-0.25, -0.2) is 31.2 Å². The topological polar surface area (TPSA) is 146 Å². The van der Waals surface area contributed by atoms with E-state index in [1.54, 1.807) is 18.3 Å². The lowest BCUT2D eigenvalue weighted by atomic mass is 10.2. The van der Waals surface area contributed by atoms with E-state index >= 15 is 4.39 Å². The van der Waals surface area contributed by atoms with Gasteiger partial charge in [0, 0.05) is 42.9 Å². The van der Waals surface area contributed by atoms with Gasteiger partial charge in [0.05, 0.1) is 56.0 Å². The van der Waals surface area contributed by atoms with Crippen molar-refractivity contribution >= 4 is 42.3 Å². The van der Waals surface area contributed by atoms with Crippen molar-refractivity contribution in [3.05, 3.63) is 48.7 Å². The molecule has 4 rings (SSSR count). The van der Waals surface area contributed by atoms with Crippen LogP contribution in [0.5, 0.6) is 11.5 Å². The van der Waals surface area contributed by atoms with Gasteiger partial charge >= 0.3 is 0 Å². The standard InChI is InChI=1S/C24H27FN6O6S2/c1-36-17-11-20(23(25)21(12-17)37-2)31(8-10-39(4,34)35)22-6-5-18-24(29-22)28-19(14-26-18)16-13-27-30(15-16)7-9-38(3,32)33/h5-6,11-15H,7-10H2,1-4H3. The highest BCUT2D eigenvalue weighted by Gasteiger charge is 2.22. The molecule has 3 aromatic heterocycles.